The summed E-state index contributed by atoms with van der Waals surface area (Å²) in [4.78, 5) is 6.73. The number of hydrogen-bond acceptors (Lipinski definition) is 3. The van der Waals surface area contributed by atoms with Gasteiger partial charge in [-0.2, -0.15) is 0 Å². The highest BCUT2D eigenvalue weighted by molar-refractivity contribution is 6.02. The zero-order valence-electron chi connectivity index (χ0n) is 9.40. The van der Waals surface area contributed by atoms with Crippen molar-refractivity contribution < 1.29 is 4.74 Å². The monoisotopic (exact) mass is 204 g/mol. The van der Waals surface area contributed by atoms with Crippen LogP contribution >= 0.6 is 0 Å². The Morgan fingerprint density at radius 1 is 1.40 bits per heavy atom. The van der Waals surface area contributed by atoms with Gasteiger partial charge in [0, 0.05) is 13.1 Å². The molecule has 0 bridgehead atoms. The summed E-state index contributed by atoms with van der Waals surface area (Å²) >= 11 is 0. The summed E-state index contributed by atoms with van der Waals surface area (Å²) in [6.45, 7) is 3.04. The lowest BCUT2D eigenvalue weighted by Crippen LogP contribution is -2.31. The van der Waals surface area contributed by atoms with Gasteiger partial charge in [0.2, 0.25) is 0 Å². The van der Waals surface area contributed by atoms with E-state index in [1.54, 1.807) is 7.11 Å². The van der Waals surface area contributed by atoms with Crippen molar-refractivity contribution >= 4 is 5.84 Å². The molecule has 80 valence electrons. The van der Waals surface area contributed by atoms with Crippen LogP contribution in [0.25, 0.3) is 0 Å². The number of likely N-dealkylation sites (N-methyl/N-ethyl adjacent to an activating group) is 1. The van der Waals surface area contributed by atoms with Crippen molar-refractivity contribution in [2.24, 2.45) is 4.99 Å². The Balaban J connectivity index is 2.38. The second-order valence-corrected chi connectivity index (χ2v) is 3.82. The fourth-order valence-corrected chi connectivity index (χ4v) is 1.77. The largest absolute Gasteiger partial charge is 0.496 e. The Kier molecular flexibility index (Phi) is 2.62. The van der Waals surface area contributed by atoms with E-state index in [0.717, 1.165) is 23.7 Å². The molecule has 2 rings (SSSR count). The number of para-hydroxylation sites is 1. The van der Waals surface area contributed by atoms with Crippen LogP contribution in [0, 0.1) is 0 Å². The number of benzene rings is 1. The number of methoxy groups -OCH3 is 1. The molecule has 1 atom stereocenters. The summed E-state index contributed by atoms with van der Waals surface area (Å²) in [5.74, 6) is 1.91. The lowest BCUT2D eigenvalue weighted by molar-refractivity contribution is 0.407. The molecule has 0 aliphatic carbocycles. The molecule has 0 aromatic heterocycles. The summed E-state index contributed by atoms with van der Waals surface area (Å²) in [5, 5.41) is 0. The number of hydrogen-bond donors (Lipinski definition) is 0. The lowest BCUT2D eigenvalue weighted by atomic mass is 10.1. The summed E-state index contributed by atoms with van der Waals surface area (Å²) in [6, 6.07) is 8.48. The lowest BCUT2D eigenvalue weighted by Gasteiger charge is -2.20. The van der Waals surface area contributed by atoms with Crippen LogP contribution in [0.5, 0.6) is 5.75 Å². The van der Waals surface area contributed by atoms with Crippen LogP contribution in [0.1, 0.15) is 12.5 Å². The van der Waals surface area contributed by atoms with Crippen molar-refractivity contribution in [3.8, 4) is 5.75 Å². The molecule has 1 aromatic rings. The first-order chi connectivity index (χ1) is 7.24. The van der Waals surface area contributed by atoms with Crippen molar-refractivity contribution in [2.45, 2.75) is 13.0 Å². The van der Waals surface area contributed by atoms with Gasteiger partial charge in [0.05, 0.1) is 19.2 Å². The number of nitrogens with zero attached hydrogens (tertiary/aromatic N) is 2. The maximum absolute atomic E-state index is 5.33. The SMILES string of the molecule is COc1ccccc1C1=NCC(C)N1C. The van der Waals surface area contributed by atoms with Gasteiger partial charge in [-0.15, -0.1) is 0 Å². The van der Waals surface area contributed by atoms with Crippen molar-refractivity contribution in [2.75, 3.05) is 20.7 Å². The van der Waals surface area contributed by atoms with Gasteiger partial charge in [0.15, 0.2) is 0 Å². The van der Waals surface area contributed by atoms with Crippen LogP contribution in [0.2, 0.25) is 0 Å². The molecule has 15 heavy (non-hydrogen) atoms. The Bertz CT molecular complexity index is 387. The minimum absolute atomic E-state index is 0.477. The predicted octanol–water partition coefficient (Wildman–Crippen LogP) is 1.78. The van der Waals surface area contributed by atoms with Crippen molar-refractivity contribution in [3.63, 3.8) is 0 Å². The average Bonchev–Trinajstić information content (AvgIpc) is 2.60. The summed E-state index contributed by atoms with van der Waals surface area (Å²) in [5.41, 5.74) is 1.08. The second kappa shape index (κ2) is 3.93. The van der Waals surface area contributed by atoms with E-state index in [9.17, 15) is 0 Å². The highest BCUT2D eigenvalue weighted by atomic mass is 16.5. The standard InChI is InChI=1S/C12H16N2O/c1-9-8-13-12(14(9)2)10-6-4-5-7-11(10)15-3/h4-7,9H,8H2,1-3H3. The molecule has 1 aromatic carbocycles. The molecule has 1 aliphatic rings. The van der Waals surface area contributed by atoms with Crippen LogP contribution in [0.3, 0.4) is 0 Å². The van der Waals surface area contributed by atoms with E-state index in [1.165, 1.54) is 0 Å². The molecule has 1 heterocycles. The third kappa shape index (κ3) is 1.69. The van der Waals surface area contributed by atoms with E-state index in [0.29, 0.717) is 6.04 Å². The van der Waals surface area contributed by atoms with E-state index in [1.807, 2.05) is 24.3 Å². The van der Waals surface area contributed by atoms with Crippen molar-refractivity contribution in [1.82, 2.24) is 4.90 Å². The number of ether oxygens (including phenoxy) is 1. The van der Waals surface area contributed by atoms with Gasteiger partial charge < -0.3 is 9.64 Å². The van der Waals surface area contributed by atoms with Crippen LogP contribution in [-0.2, 0) is 0 Å². The van der Waals surface area contributed by atoms with E-state index < -0.39 is 0 Å². The molecule has 3 heteroatoms. The summed E-state index contributed by atoms with van der Waals surface area (Å²) in [6.07, 6.45) is 0. The van der Waals surface area contributed by atoms with E-state index in [2.05, 4.69) is 23.9 Å². The Hall–Kier alpha value is -1.51. The van der Waals surface area contributed by atoms with Gasteiger partial charge in [-0.05, 0) is 19.1 Å². The maximum atomic E-state index is 5.33. The zero-order valence-corrected chi connectivity index (χ0v) is 9.40. The molecule has 0 N–H and O–H groups in total. The Morgan fingerprint density at radius 2 is 2.13 bits per heavy atom. The summed E-state index contributed by atoms with van der Waals surface area (Å²) < 4.78 is 5.33. The first-order valence-electron chi connectivity index (χ1n) is 5.14. The van der Waals surface area contributed by atoms with Crippen molar-refractivity contribution in [3.05, 3.63) is 29.8 Å². The topological polar surface area (TPSA) is 24.8 Å². The molecular weight excluding hydrogens is 188 g/mol. The van der Waals surface area contributed by atoms with E-state index in [-0.39, 0.29) is 0 Å². The third-order valence-electron chi connectivity index (χ3n) is 2.85. The van der Waals surface area contributed by atoms with Gasteiger partial charge >= 0.3 is 0 Å². The van der Waals surface area contributed by atoms with Gasteiger partial charge in [-0.3, -0.25) is 4.99 Å². The molecule has 0 spiro atoms. The first-order valence-corrected chi connectivity index (χ1v) is 5.14. The maximum Gasteiger partial charge on any atom is 0.134 e. The molecule has 1 aliphatic heterocycles. The molecular formula is C12H16N2O. The normalized spacial score (nSPS) is 20.3. The third-order valence-corrected chi connectivity index (χ3v) is 2.85. The minimum Gasteiger partial charge on any atom is -0.496 e. The molecule has 0 radical (unpaired) electrons. The smallest absolute Gasteiger partial charge is 0.134 e. The van der Waals surface area contributed by atoms with E-state index in [4.69, 9.17) is 4.74 Å². The quantitative estimate of drug-likeness (QED) is 0.733. The molecule has 0 saturated carbocycles. The number of amidine groups is 1. The minimum atomic E-state index is 0.477. The average molecular weight is 204 g/mol. The highest BCUT2D eigenvalue weighted by Crippen LogP contribution is 2.22. The van der Waals surface area contributed by atoms with Gasteiger partial charge in [-0.25, -0.2) is 0 Å². The second-order valence-electron chi connectivity index (χ2n) is 3.82. The van der Waals surface area contributed by atoms with Crippen molar-refractivity contribution in [1.29, 1.82) is 0 Å². The molecule has 0 saturated heterocycles. The molecule has 3 nitrogen and oxygen atoms in total. The van der Waals surface area contributed by atoms with Crippen LogP contribution in [-0.4, -0.2) is 37.5 Å². The number of aliphatic imine (C=N–C) groups is 1. The first kappa shape index (κ1) is 10.0. The molecule has 0 amide bonds. The number of rotatable bonds is 2. The summed E-state index contributed by atoms with van der Waals surface area (Å²) in [7, 11) is 3.76. The van der Waals surface area contributed by atoms with E-state index >= 15 is 0 Å². The van der Waals surface area contributed by atoms with Crippen LogP contribution < -0.4 is 4.74 Å². The Morgan fingerprint density at radius 3 is 2.73 bits per heavy atom. The van der Waals surface area contributed by atoms with Gasteiger partial charge in [0.1, 0.15) is 11.6 Å². The Labute approximate surface area is 90.4 Å². The highest BCUT2D eigenvalue weighted by Gasteiger charge is 2.23. The van der Waals surface area contributed by atoms with Crippen LogP contribution in [0.4, 0.5) is 0 Å². The fourth-order valence-electron chi connectivity index (χ4n) is 1.77. The molecule has 0 fully saturated rings. The van der Waals surface area contributed by atoms with Gasteiger partial charge in [-0.1, -0.05) is 12.1 Å². The van der Waals surface area contributed by atoms with Crippen LogP contribution in [0.15, 0.2) is 29.3 Å². The predicted molar refractivity (Wildman–Crippen MR) is 61.6 cm³/mol. The van der Waals surface area contributed by atoms with Gasteiger partial charge in [0.25, 0.3) is 0 Å². The fraction of sp³-hybridized carbons (Fsp3) is 0.417. The zero-order chi connectivity index (χ0) is 10.8. The molecule has 1 unspecified atom stereocenters.